The molecule has 0 aliphatic heterocycles. The van der Waals surface area contributed by atoms with E-state index >= 15 is 0 Å². The molecule has 15 heavy (non-hydrogen) atoms. The average Bonchev–Trinajstić information content (AvgIpc) is 1.82. The molecule has 0 aliphatic rings. The van der Waals surface area contributed by atoms with E-state index in [1.807, 2.05) is 0 Å². The monoisotopic (exact) mass is 268 g/mol. The maximum absolute atomic E-state index is 10.3. The SMILES string of the molecule is O=C(O)CC(O)(CC(=O)O)C(=O)O.[Cr].[NaH]. The summed E-state index contributed by atoms with van der Waals surface area (Å²) in [5.74, 6) is -5.02. The molecule has 0 radical (unpaired) electrons. The normalized spacial score (nSPS) is 9.40. The molecule has 0 bridgehead atoms. The van der Waals surface area contributed by atoms with Gasteiger partial charge in [0.05, 0.1) is 12.8 Å². The third-order valence-electron chi connectivity index (χ3n) is 1.29. The number of rotatable bonds is 5. The summed E-state index contributed by atoms with van der Waals surface area (Å²) in [6.45, 7) is 0. The fourth-order valence-electron chi connectivity index (χ4n) is 0.714. The number of carboxylic acid groups (broad SMARTS) is 3. The molecule has 0 aliphatic carbocycles. The topological polar surface area (TPSA) is 132 Å². The summed E-state index contributed by atoms with van der Waals surface area (Å²) in [4.78, 5) is 30.5. The summed E-state index contributed by atoms with van der Waals surface area (Å²) >= 11 is 0. The van der Waals surface area contributed by atoms with Crippen molar-refractivity contribution in [2.24, 2.45) is 0 Å². The molecule has 4 N–H and O–H groups in total. The van der Waals surface area contributed by atoms with Gasteiger partial charge in [-0.1, -0.05) is 0 Å². The van der Waals surface area contributed by atoms with Gasteiger partial charge in [-0.15, -0.1) is 0 Å². The first-order chi connectivity index (χ1) is 5.78. The number of aliphatic hydroxyl groups is 1. The number of hydrogen-bond acceptors (Lipinski definition) is 4. The van der Waals surface area contributed by atoms with Gasteiger partial charge in [0.1, 0.15) is 0 Å². The molecule has 0 saturated heterocycles. The van der Waals surface area contributed by atoms with Crippen LogP contribution in [0.1, 0.15) is 12.8 Å². The van der Waals surface area contributed by atoms with Crippen LogP contribution in [0.25, 0.3) is 0 Å². The molecule has 82 valence electrons. The summed E-state index contributed by atoms with van der Waals surface area (Å²) in [6.07, 6.45) is -2.29. The standard InChI is InChI=1S/C6H8O7.Cr.Na.H/c7-3(8)1-6(13,5(11)12)2-4(9)10;;;/h13H,1-2H2,(H,7,8)(H,9,10)(H,11,12);;;. The summed E-state index contributed by atoms with van der Waals surface area (Å²) in [5, 5.41) is 33.8. The van der Waals surface area contributed by atoms with Gasteiger partial charge in [0.2, 0.25) is 0 Å². The van der Waals surface area contributed by atoms with Crippen LogP contribution < -0.4 is 0 Å². The molecular formula is C6H9CrNaO7. The summed E-state index contributed by atoms with van der Waals surface area (Å²) < 4.78 is 0. The molecule has 0 saturated carbocycles. The van der Waals surface area contributed by atoms with Crippen LogP contribution >= 0.6 is 0 Å². The Morgan fingerprint density at radius 1 is 0.933 bits per heavy atom. The second kappa shape index (κ2) is 8.10. The molecule has 0 aromatic carbocycles. The van der Waals surface area contributed by atoms with Crippen molar-refractivity contribution in [3.05, 3.63) is 0 Å². The van der Waals surface area contributed by atoms with Crippen LogP contribution in [-0.2, 0) is 31.7 Å². The van der Waals surface area contributed by atoms with Crippen LogP contribution in [0.5, 0.6) is 0 Å². The summed E-state index contributed by atoms with van der Waals surface area (Å²) in [5.41, 5.74) is -2.74. The van der Waals surface area contributed by atoms with E-state index in [4.69, 9.17) is 20.4 Å². The second-order valence-electron chi connectivity index (χ2n) is 2.48. The maximum atomic E-state index is 10.3. The Morgan fingerprint density at radius 2 is 1.20 bits per heavy atom. The van der Waals surface area contributed by atoms with E-state index in [-0.39, 0.29) is 46.9 Å². The molecule has 0 amide bonds. The van der Waals surface area contributed by atoms with Crippen molar-refractivity contribution in [1.82, 2.24) is 0 Å². The van der Waals surface area contributed by atoms with E-state index in [0.29, 0.717) is 0 Å². The minimum absolute atomic E-state index is 0. The summed E-state index contributed by atoms with van der Waals surface area (Å²) in [7, 11) is 0. The van der Waals surface area contributed by atoms with E-state index in [1.165, 1.54) is 0 Å². The molecule has 0 spiro atoms. The van der Waals surface area contributed by atoms with Crippen LogP contribution in [0, 0.1) is 0 Å². The Balaban J connectivity index is -0.000000720. The van der Waals surface area contributed by atoms with Gasteiger partial charge in [0.25, 0.3) is 0 Å². The van der Waals surface area contributed by atoms with Crippen LogP contribution in [0.3, 0.4) is 0 Å². The molecule has 0 rings (SSSR count). The molecule has 0 atom stereocenters. The molecule has 0 aromatic rings. The van der Waals surface area contributed by atoms with Crippen molar-refractivity contribution in [3.63, 3.8) is 0 Å². The van der Waals surface area contributed by atoms with Crippen LogP contribution in [0.15, 0.2) is 0 Å². The number of carboxylic acids is 3. The van der Waals surface area contributed by atoms with Crippen molar-refractivity contribution in [1.29, 1.82) is 0 Å². The zero-order valence-electron chi connectivity index (χ0n) is 6.84. The molecular weight excluding hydrogens is 259 g/mol. The number of aliphatic carboxylic acids is 3. The van der Waals surface area contributed by atoms with Crippen molar-refractivity contribution in [3.8, 4) is 0 Å². The fourth-order valence-corrected chi connectivity index (χ4v) is 0.714. The fraction of sp³-hybridized carbons (Fsp3) is 0.500. The Hall–Kier alpha value is -0.0975. The summed E-state index contributed by atoms with van der Waals surface area (Å²) in [6, 6.07) is 0. The van der Waals surface area contributed by atoms with E-state index < -0.39 is 36.4 Å². The van der Waals surface area contributed by atoms with Gasteiger partial charge in [-0.2, -0.15) is 0 Å². The predicted molar refractivity (Wildman–Crippen MR) is 44.2 cm³/mol. The van der Waals surface area contributed by atoms with Crippen molar-refractivity contribution in [2.45, 2.75) is 18.4 Å². The van der Waals surface area contributed by atoms with E-state index in [2.05, 4.69) is 0 Å². The van der Waals surface area contributed by atoms with E-state index in [0.717, 1.165) is 0 Å². The van der Waals surface area contributed by atoms with Crippen molar-refractivity contribution in [2.75, 3.05) is 0 Å². The Labute approximate surface area is 118 Å². The third kappa shape index (κ3) is 7.79. The van der Waals surface area contributed by atoms with Gasteiger partial charge in [0.15, 0.2) is 5.60 Å². The third-order valence-corrected chi connectivity index (χ3v) is 1.29. The molecule has 0 unspecified atom stereocenters. The first-order valence-electron chi connectivity index (χ1n) is 3.17. The molecule has 0 heterocycles. The van der Waals surface area contributed by atoms with Crippen LogP contribution in [-0.4, -0.2) is 73.5 Å². The quantitative estimate of drug-likeness (QED) is 0.428. The van der Waals surface area contributed by atoms with Gasteiger partial charge >= 0.3 is 47.5 Å². The Bertz CT molecular complexity index is 238. The Kier molecular flexibility index (Phi) is 11.0. The average molecular weight is 268 g/mol. The first kappa shape index (κ1) is 20.3. The Morgan fingerprint density at radius 3 is 1.33 bits per heavy atom. The van der Waals surface area contributed by atoms with Crippen LogP contribution in [0.2, 0.25) is 0 Å². The molecule has 0 aromatic heterocycles. The molecule has 7 nitrogen and oxygen atoms in total. The molecule has 0 fully saturated rings. The van der Waals surface area contributed by atoms with Gasteiger partial charge in [0, 0.05) is 17.4 Å². The number of carbonyl (C=O) groups is 3. The second-order valence-corrected chi connectivity index (χ2v) is 2.48. The van der Waals surface area contributed by atoms with Gasteiger partial charge < -0.3 is 20.4 Å². The minimum atomic E-state index is -2.74. The van der Waals surface area contributed by atoms with E-state index in [9.17, 15) is 14.4 Å². The van der Waals surface area contributed by atoms with Gasteiger partial charge in [-0.3, -0.25) is 9.59 Å². The zero-order valence-corrected chi connectivity index (χ0v) is 8.11. The van der Waals surface area contributed by atoms with Crippen molar-refractivity contribution < 1.29 is 52.2 Å². The predicted octanol–water partition coefficient (Wildman–Crippen LogP) is -1.90. The van der Waals surface area contributed by atoms with E-state index in [1.54, 1.807) is 0 Å². The number of hydrogen-bond donors (Lipinski definition) is 4. The van der Waals surface area contributed by atoms with Crippen LogP contribution in [0.4, 0.5) is 0 Å². The van der Waals surface area contributed by atoms with Gasteiger partial charge in [-0.05, 0) is 0 Å². The first-order valence-corrected chi connectivity index (χ1v) is 3.17. The zero-order chi connectivity index (χ0) is 10.6. The van der Waals surface area contributed by atoms with Crippen molar-refractivity contribution >= 4 is 47.5 Å². The van der Waals surface area contributed by atoms with Gasteiger partial charge in [-0.25, -0.2) is 4.79 Å². The molecule has 9 heteroatoms.